The van der Waals surface area contributed by atoms with E-state index in [0.717, 1.165) is 16.9 Å². The number of imide groups is 1. The third kappa shape index (κ3) is 4.66. The Morgan fingerprint density at radius 3 is 2.50 bits per heavy atom. The Morgan fingerprint density at radius 2 is 1.86 bits per heavy atom. The molecule has 28 heavy (non-hydrogen) atoms. The van der Waals surface area contributed by atoms with E-state index in [9.17, 15) is 9.59 Å². The molecule has 0 spiro atoms. The summed E-state index contributed by atoms with van der Waals surface area (Å²) in [4.78, 5) is 26.0. The molecule has 1 N–H and O–H groups in total. The maximum Gasteiger partial charge on any atom is 0.329 e. The number of nitrogens with zero attached hydrogens (tertiary/aromatic N) is 1. The highest BCUT2D eigenvalue weighted by molar-refractivity contribution is 6.32. The molecule has 0 aliphatic carbocycles. The van der Waals surface area contributed by atoms with E-state index in [-0.39, 0.29) is 18.3 Å². The van der Waals surface area contributed by atoms with Crippen LogP contribution in [0, 0.1) is 0 Å². The lowest BCUT2D eigenvalue weighted by Gasteiger charge is -2.14. The zero-order chi connectivity index (χ0) is 20.3. The second kappa shape index (κ2) is 8.67. The van der Waals surface area contributed by atoms with Gasteiger partial charge in [0.25, 0.3) is 5.91 Å². The number of nitrogens with one attached hydrogen (secondary N) is 1. The zero-order valence-electron chi connectivity index (χ0n) is 15.5. The third-order valence-electron chi connectivity index (χ3n) is 4.39. The fourth-order valence-corrected chi connectivity index (χ4v) is 3.02. The van der Waals surface area contributed by atoms with Crippen molar-refractivity contribution in [2.75, 3.05) is 0 Å². The average molecular weight is 419 g/mol. The molecule has 0 unspecified atom stereocenters. The van der Waals surface area contributed by atoms with Crippen molar-refractivity contribution in [3.05, 3.63) is 69.3 Å². The molecule has 3 rings (SSSR count). The maximum absolute atomic E-state index is 12.6. The summed E-state index contributed by atoms with van der Waals surface area (Å²) in [6.45, 7) is 4.16. The fourth-order valence-electron chi connectivity index (χ4n) is 2.66. The minimum absolute atomic E-state index is 0.0545. The van der Waals surface area contributed by atoms with Gasteiger partial charge in [-0.1, -0.05) is 48.3 Å². The first-order valence-corrected chi connectivity index (χ1v) is 9.68. The highest BCUT2D eigenvalue weighted by Crippen LogP contribution is 2.28. The van der Waals surface area contributed by atoms with E-state index < -0.39 is 11.9 Å². The predicted molar refractivity (Wildman–Crippen MR) is 110 cm³/mol. The molecule has 0 radical (unpaired) electrons. The highest BCUT2D eigenvalue weighted by atomic mass is 35.5. The van der Waals surface area contributed by atoms with Crippen molar-refractivity contribution < 1.29 is 14.3 Å². The van der Waals surface area contributed by atoms with Crippen LogP contribution in [0.1, 0.15) is 31.4 Å². The largest absolute Gasteiger partial charge is 0.489 e. The van der Waals surface area contributed by atoms with Gasteiger partial charge < -0.3 is 10.1 Å². The number of benzene rings is 2. The van der Waals surface area contributed by atoms with Crippen molar-refractivity contribution in [3.8, 4) is 5.75 Å². The Kier molecular flexibility index (Phi) is 6.27. The van der Waals surface area contributed by atoms with E-state index in [1.165, 1.54) is 0 Å². The van der Waals surface area contributed by atoms with Crippen molar-refractivity contribution in [2.45, 2.75) is 32.9 Å². The van der Waals surface area contributed by atoms with Crippen LogP contribution in [-0.4, -0.2) is 22.9 Å². The highest BCUT2D eigenvalue weighted by Gasteiger charge is 2.33. The van der Waals surface area contributed by atoms with E-state index in [2.05, 4.69) is 5.32 Å². The lowest BCUT2D eigenvalue weighted by molar-refractivity contribution is -0.123. The molecular formula is C21H20Cl2N2O3. The minimum atomic E-state index is -0.464. The Bertz CT molecular complexity index is 926. The Hall–Kier alpha value is -2.50. The molecule has 3 amide bonds. The third-order valence-corrected chi connectivity index (χ3v) is 4.93. The van der Waals surface area contributed by atoms with Gasteiger partial charge in [0.15, 0.2) is 0 Å². The summed E-state index contributed by atoms with van der Waals surface area (Å²) >= 11 is 12.2. The van der Waals surface area contributed by atoms with Crippen LogP contribution in [-0.2, 0) is 11.3 Å². The van der Waals surface area contributed by atoms with Crippen LogP contribution in [0.2, 0.25) is 10.0 Å². The summed E-state index contributed by atoms with van der Waals surface area (Å²) in [7, 11) is 0. The number of rotatable bonds is 6. The second-order valence-electron chi connectivity index (χ2n) is 6.53. The van der Waals surface area contributed by atoms with Gasteiger partial charge in [-0.15, -0.1) is 0 Å². The maximum atomic E-state index is 12.6. The molecule has 1 heterocycles. The van der Waals surface area contributed by atoms with Crippen molar-refractivity contribution in [3.63, 3.8) is 0 Å². The fraction of sp³-hybridized carbons (Fsp3) is 0.238. The van der Waals surface area contributed by atoms with Gasteiger partial charge in [0.05, 0.1) is 17.7 Å². The summed E-state index contributed by atoms with van der Waals surface area (Å²) in [5.74, 6) is 0.195. The van der Waals surface area contributed by atoms with Gasteiger partial charge in [-0.2, -0.15) is 0 Å². The summed E-state index contributed by atoms with van der Waals surface area (Å²) in [6.07, 6.45) is 2.52. The van der Waals surface area contributed by atoms with Crippen LogP contribution in [0.3, 0.4) is 0 Å². The van der Waals surface area contributed by atoms with Gasteiger partial charge in [-0.05, 0) is 54.8 Å². The van der Waals surface area contributed by atoms with Gasteiger partial charge >= 0.3 is 6.03 Å². The lowest BCUT2D eigenvalue weighted by Crippen LogP contribution is -2.30. The topological polar surface area (TPSA) is 58.6 Å². The van der Waals surface area contributed by atoms with Gasteiger partial charge in [-0.25, -0.2) is 4.79 Å². The number of carbonyl (C=O) groups excluding carboxylic acids is 2. The van der Waals surface area contributed by atoms with Crippen LogP contribution < -0.4 is 10.1 Å². The molecule has 0 aromatic heterocycles. The van der Waals surface area contributed by atoms with Crippen LogP contribution in [0.25, 0.3) is 6.08 Å². The molecule has 1 aliphatic rings. The van der Waals surface area contributed by atoms with Gasteiger partial charge in [0, 0.05) is 5.02 Å². The van der Waals surface area contributed by atoms with Crippen LogP contribution in [0.5, 0.6) is 5.75 Å². The molecule has 1 atom stereocenters. The molecule has 1 fully saturated rings. The molecule has 2 aromatic carbocycles. The molecule has 5 nitrogen and oxygen atoms in total. The minimum Gasteiger partial charge on any atom is -0.489 e. The van der Waals surface area contributed by atoms with Gasteiger partial charge in [0.1, 0.15) is 11.4 Å². The smallest absolute Gasteiger partial charge is 0.329 e. The zero-order valence-corrected chi connectivity index (χ0v) is 17.1. The first kappa shape index (κ1) is 20.2. The van der Waals surface area contributed by atoms with E-state index >= 15 is 0 Å². The van der Waals surface area contributed by atoms with Crippen molar-refractivity contribution >= 4 is 41.2 Å². The summed E-state index contributed by atoms with van der Waals surface area (Å²) < 4.78 is 5.74. The normalized spacial score (nSPS) is 16.4. The van der Waals surface area contributed by atoms with Crippen LogP contribution in [0.15, 0.2) is 48.2 Å². The molecule has 2 aromatic rings. The Labute approximate surface area is 173 Å². The monoisotopic (exact) mass is 418 g/mol. The van der Waals surface area contributed by atoms with E-state index in [0.29, 0.717) is 21.4 Å². The van der Waals surface area contributed by atoms with Crippen LogP contribution >= 0.6 is 23.2 Å². The SMILES string of the molecule is CC[C@H](C)Oc1ccc(/C=C2\NC(=O)N(Cc3ccc(Cl)cc3)C2=O)cc1Cl. The van der Waals surface area contributed by atoms with Crippen molar-refractivity contribution in [1.29, 1.82) is 0 Å². The predicted octanol–water partition coefficient (Wildman–Crippen LogP) is 5.26. The first-order valence-electron chi connectivity index (χ1n) is 8.92. The lowest BCUT2D eigenvalue weighted by atomic mass is 10.1. The van der Waals surface area contributed by atoms with E-state index in [4.69, 9.17) is 27.9 Å². The standard InChI is InChI=1S/C21H20Cl2N2O3/c1-3-13(2)28-19-9-6-15(10-17(19)23)11-18-20(26)25(21(27)24-18)12-14-4-7-16(22)8-5-14/h4-11,13H,3,12H2,1-2H3,(H,24,27)/b18-11-/t13-/m0/s1. The van der Waals surface area contributed by atoms with Gasteiger partial charge in [-0.3, -0.25) is 9.69 Å². The number of carbonyl (C=O) groups is 2. The molecule has 1 aliphatic heterocycles. The Morgan fingerprint density at radius 1 is 1.14 bits per heavy atom. The summed E-state index contributed by atoms with van der Waals surface area (Å²) in [6, 6.07) is 11.8. The average Bonchev–Trinajstić information content (AvgIpc) is 2.93. The van der Waals surface area contributed by atoms with Crippen molar-refractivity contribution in [2.24, 2.45) is 0 Å². The van der Waals surface area contributed by atoms with Gasteiger partial charge in [0.2, 0.25) is 0 Å². The number of ether oxygens (including phenoxy) is 1. The molecule has 0 saturated carbocycles. The number of hydrogen-bond donors (Lipinski definition) is 1. The Balaban J connectivity index is 1.76. The number of hydrogen-bond acceptors (Lipinski definition) is 3. The van der Waals surface area contributed by atoms with Crippen molar-refractivity contribution in [1.82, 2.24) is 10.2 Å². The molecule has 146 valence electrons. The summed E-state index contributed by atoms with van der Waals surface area (Å²) in [5.41, 5.74) is 1.70. The number of urea groups is 1. The quantitative estimate of drug-likeness (QED) is 0.513. The second-order valence-corrected chi connectivity index (χ2v) is 7.38. The molecule has 0 bridgehead atoms. The number of amides is 3. The molecular weight excluding hydrogens is 399 g/mol. The first-order chi connectivity index (χ1) is 13.4. The van der Waals surface area contributed by atoms with Crippen LogP contribution in [0.4, 0.5) is 4.79 Å². The number of halogens is 2. The molecule has 1 saturated heterocycles. The summed E-state index contributed by atoms with van der Waals surface area (Å²) in [5, 5.41) is 3.65. The van der Waals surface area contributed by atoms with E-state index in [1.54, 1.807) is 48.5 Å². The van der Waals surface area contributed by atoms with E-state index in [1.807, 2.05) is 13.8 Å². The molecule has 7 heteroatoms.